The van der Waals surface area contributed by atoms with Gasteiger partial charge in [0.25, 0.3) is 17.7 Å². The van der Waals surface area contributed by atoms with Crippen molar-refractivity contribution < 1.29 is 23.5 Å². The molecule has 3 aromatic rings. The highest BCUT2D eigenvalue weighted by Gasteiger charge is 2.16. The summed E-state index contributed by atoms with van der Waals surface area (Å²) < 4.78 is 10.7. The van der Waals surface area contributed by atoms with Crippen LogP contribution >= 0.6 is 0 Å². The highest BCUT2D eigenvalue weighted by Crippen LogP contribution is 2.18. The molecule has 0 bridgehead atoms. The summed E-state index contributed by atoms with van der Waals surface area (Å²) in [6.45, 7) is 6.20. The highest BCUT2D eigenvalue weighted by atomic mass is 16.5. The minimum absolute atomic E-state index is 0.215. The fourth-order valence-electron chi connectivity index (χ4n) is 2.94. The van der Waals surface area contributed by atoms with E-state index in [2.05, 4.69) is 16.0 Å². The maximum atomic E-state index is 12.4. The number of ether oxygens (including phenoxy) is 1. The van der Waals surface area contributed by atoms with E-state index >= 15 is 0 Å². The summed E-state index contributed by atoms with van der Waals surface area (Å²) in [4.78, 5) is 36.5. The van der Waals surface area contributed by atoms with Crippen molar-refractivity contribution in [3.63, 3.8) is 0 Å². The number of hydrogen-bond acceptors (Lipinski definition) is 5. The standard InChI is InChI=1S/C25H27N3O5/c1-16-6-11-21(15-17(16)2)33-18(3)23(29)28-20-9-7-19(8-10-20)24(30)26-12-13-27-25(31)22-5-4-14-32-22/h4-11,14-15,18H,12-13H2,1-3H3,(H,26,30)(H,27,31)(H,28,29). The predicted octanol–water partition coefficient (Wildman–Crippen LogP) is 3.46. The van der Waals surface area contributed by atoms with Crippen LogP contribution in [0.3, 0.4) is 0 Å². The van der Waals surface area contributed by atoms with E-state index in [9.17, 15) is 14.4 Å². The van der Waals surface area contributed by atoms with E-state index in [1.54, 1.807) is 43.3 Å². The Morgan fingerprint density at radius 2 is 1.61 bits per heavy atom. The molecule has 1 heterocycles. The number of furan rings is 1. The summed E-state index contributed by atoms with van der Waals surface area (Å²) in [5, 5.41) is 8.15. The third-order valence-corrected chi connectivity index (χ3v) is 5.02. The van der Waals surface area contributed by atoms with Gasteiger partial charge in [-0.05, 0) is 80.4 Å². The van der Waals surface area contributed by atoms with Crippen LogP contribution in [0, 0.1) is 13.8 Å². The molecule has 0 aliphatic rings. The number of nitrogens with one attached hydrogen (secondary N) is 3. The Labute approximate surface area is 192 Å². The number of benzene rings is 2. The lowest BCUT2D eigenvalue weighted by Gasteiger charge is -2.16. The van der Waals surface area contributed by atoms with Gasteiger partial charge in [-0.2, -0.15) is 0 Å². The number of aryl methyl sites for hydroxylation is 2. The van der Waals surface area contributed by atoms with Gasteiger partial charge in [0, 0.05) is 24.3 Å². The van der Waals surface area contributed by atoms with Gasteiger partial charge < -0.3 is 25.1 Å². The zero-order valence-electron chi connectivity index (χ0n) is 18.8. The smallest absolute Gasteiger partial charge is 0.287 e. The van der Waals surface area contributed by atoms with Crippen LogP contribution in [0.25, 0.3) is 0 Å². The fraction of sp³-hybridized carbons (Fsp3) is 0.240. The van der Waals surface area contributed by atoms with Crippen LogP contribution in [0.5, 0.6) is 5.75 Å². The minimum atomic E-state index is -0.688. The zero-order valence-corrected chi connectivity index (χ0v) is 18.8. The first-order chi connectivity index (χ1) is 15.8. The van der Waals surface area contributed by atoms with E-state index in [1.165, 1.54) is 6.26 Å². The molecule has 8 nitrogen and oxygen atoms in total. The van der Waals surface area contributed by atoms with Crippen molar-refractivity contribution in [3.05, 3.63) is 83.3 Å². The van der Waals surface area contributed by atoms with E-state index in [-0.39, 0.29) is 36.6 Å². The Hall–Kier alpha value is -4.07. The fourth-order valence-corrected chi connectivity index (χ4v) is 2.94. The van der Waals surface area contributed by atoms with Gasteiger partial charge in [0.15, 0.2) is 11.9 Å². The molecule has 3 rings (SSSR count). The molecule has 8 heteroatoms. The average Bonchev–Trinajstić information content (AvgIpc) is 3.34. The highest BCUT2D eigenvalue weighted by molar-refractivity contribution is 5.97. The largest absolute Gasteiger partial charge is 0.481 e. The molecule has 172 valence electrons. The minimum Gasteiger partial charge on any atom is -0.481 e. The van der Waals surface area contributed by atoms with Gasteiger partial charge >= 0.3 is 0 Å². The topological polar surface area (TPSA) is 110 Å². The van der Waals surface area contributed by atoms with Gasteiger partial charge in [0.05, 0.1) is 6.26 Å². The molecule has 0 saturated heterocycles. The SMILES string of the molecule is Cc1ccc(OC(C)C(=O)Nc2ccc(C(=O)NCCNC(=O)c3ccco3)cc2)cc1C. The number of anilines is 1. The Morgan fingerprint density at radius 1 is 0.909 bits per heavy atom. The van der Waals surface area contributed by atoms with Crippen molar-refractivity contribution in [2.75, 3.05) is 18.4 Å². The van der Waals surface area contributed by atoms with Crippen LogP contribution in [-0.4, -0.2) is 36.9 Å². The van der Waals surface area contributed by atoms with Crippen LogP contribution < -0.4 is 20.7 Å². The van der Waals surface area contributed by atoms with Gasteiger partial charge in [0.1, 0.15) is 5.75 Å². The van der Waals surface area contributed by atoms with Crippen LogP contribution in [0.1, 0.15) is 39.0 Å². The molecular formula is C25H27N3O5. The summed E-state index contributed by atoms with van der Waals surface area (Å²) >= 11 is 0. The van der Waals surface area contributed by atoms with Crippen LogP contribution in [0.2, 0.25) is 0 Å². The molecule has 0 aliphatic carbocycles. The van der Waals surface area contributed by atoms with E-state index < -0.39 is 6.10 Å². The first-order valence-electron chi connectivity index (χ1n) is 10.6. The molecule has 3 N–H and O–H groups in total. The molecule has 0 aliphatic heterocycles. The Bertz CT molecular complexity index is 1110. The van der Waals surface area contributed by atoms with Crippen molar-refractivity contribution in [3.8, 4) is 5.75 Å². The molecule has 0 saturated carbocycles. The zero-order chi connectivity index (χ0) is 23.8. The number of carbonyl (C=O) groups excluding carboxylic acids is 3. The number of amides is 3. The summed E-state index contributed by atoms with van der Waals surface area (Å²) in [5.74, 6) is -0.0739. The number of rotatable bonds is 9. The van der Waals surface area contributed by atoms with Gasteiger partial charge in [-0.3, -0.25) is 14.4 Å². The molecule has 0 fully saturated rings. The maximum absolute atomic E-state index is 12.4. The number of hydrogen-bond donors (Lipinski definition) is 3. The third kappa shape index (κ3) is 6.70. The molecule has 1 atom stereocenters. The monoisotopic (exact) mass is 449 g/mol. The predicted molar refractivity (Wildman–Crippen MR) is 124 cm³/mol. The van der Waals surface area contributed by atoms with Gasteiger partial charge in [0.2, 0.25) is 0 Å². The van der Waals surface area contributed by atoms with E-state index in [1.807, 2.05) is 32.0 Å². The van der Waals surface area contributed by atoms with Gasteiger partial charge in [-0.25, -0.2) is 0 Å². The molecule has 1 unspecified atom stereocenters. The lowest BCUT2D eigenvalue weighted by molar-refractivity contribution is -0.122. The summed E-state index contributed by atoms with van der Waals surface area (Å²) in [6.07, 6.45) is 0.730. The van der Waals surface area contributed by atoms with E-state index in [0.29, 0.717) is 17.0 Å². The average molecular weight is 450 g/mol. The lowest BCUT2D eigenvalue weighted by Crippen LogP contribution is -2.34. The normalized spacial score (nSPS) is 11.4. The van der Waals surface area contributed by atoms with E-state index in [4.69, 9.17) is 9.15 Å². The lowest BCUT2D eigenvalue weighted by atomic mass is 10.1. The molecule has 33 heavy (non-hydrogen) atoms. The second-order valence-electron chi connectivity index (χ2n) is 7.56. The molecule has 2 aromatic carbocycles. The summed E-state index contributed by atoms with van der Waals surface area (Å²) in [6, 6.07) is 15.4. The summed E-state index contributed by atoms with van der Waals surface area (Å²) in [7, 11) is 0. The Balaban J connectivity index is 1.43. The van der Waals surface area contributed by atoms with Crippen molar-refractivity contribution in [1.29, 1.82) is 0 Å². The number of carbonyl (C=O) groups is 3. The second-order valence-corrected chi connectivity index (χ2v) is 7.56. The first-order valence-corrected chi connectivity index (χ1v) is 10.6. The van der Waals surface area contributed by atoms with Crippen LogP contribution in [-0.2, 0) is 4.79 Å². The molecular weight excluding hydrogens is 422 g/mol. The molecule has 0 radical (unpaired) electrons. The maximum Gasteiger partial charge on any atom is 0.287 e. The second kappa shape index (κ2) is 11.0. The Morgan fingerprint density at radius 3 is 2.24 bits per heavy atom. The van der Waals surface area contributed by atoms with Gasteiger partial charge in [-0.1, -0.05) is 6.07 Å². The van der Waals surface area contributed by atoms with Gasteiger partial charge in [-0.15, -0.1) is 0 Å². The molecule has 0 spiro atoms. The quantitative estimate of drug-likeness (QED) is 0.434. The third-order valence-electron chi connectivity index (χ3n) is 5.02. The summed E-state index contributed by atoms with van der Waals surface area (Å²) in [5.41, 5.74) is 3.23. The first kappa shape index (κ1) is 23.6. The van der Waals surface area contributed by atoms with Crippen LogP contribution in [0.4, 0.5) is 5.69 Å². The van der Waals surface area contributed by atoms with Crippen molar-refractivity contribution >= 4 is 23.4 Å². The Kier molecular flexibility index (Phi) is 7.86. The van der Waals surface area contributed by atoms with E-state index in [0.717, 1.165) is 11.1 Å². The van der Waals surface area contributed by atoms with Crippen molar-refractivity contribution in [2.45, 2.75) is 26.9 Å². The van der Waals surface area contributed by atoms with Crippen molar-refractivity contribution in [2.24, 2.45) is 0 Å². The molecule has 3 amide bonds. The van der Waals surface area contributed by atoms with Crippen LogP contribution in [0.15, 0.2) is 65.3 Å². The molecule has 1 aromatic heterocycles. The van der Waals surface area contributed by atoms with Crippen molar-refractivity contribution in [1.82, 2.24) is 10.6 Å².